The van der Waals surface area contributed by atoms with E-state index in [1.807, 2.05) is 78.9 Å². The van der Waals surface area contributed by atoms with Crippen molar-refractivity contribution in [2.45, 2.75) is 160 Å². The highest BCUT2D eigenvalue weighted by Gasteiger charge is 2.36. The zero-order valence-corrected chi connectivity index (χ0v) is 64.8. The summed E-state index contributed by atoms with van der Waals surface area (Å²) < 4.78 is 131. The van der Waals surface area contributed by atoms with E-state index in [1.165, 1.54) is 60.2 Å². The van der Waals surface area contributed by atoms with E-state index in [4.69, 9.17) is 10.5 Å². The van der Waals surface area contributed by atoms with Gasteiger partial charge in [0.15, 0.2) is 0 Å². The molecule has 4 heterocycles. The minimum atomic E-state index is -4.84. The molecule has 39 heteroatoms. The van der Waals surface area contributed by atoms with Gasteiger partial charge in [0.05, 0.1) is 40.1 Å². The van der Waals surface area contributed by atoms with Gasteiger partial charge >= 0.3 is 36.1 Å². The molecular weight excluding hydrogens is 1600 g/mol. The molecule has 1 saturated heterocycles. The van der Waals surface area contributed by atoms with Gasteiger partial charge in [-0.1, -0.05) is 153 Å². The maximum Gasteiger partial charge on any atom is 0.573 e. The number of nitrogens with zero attached hydrogens (tertiary/aromatic N) is 9. The van der Waals surface area contributed by atoms with Crippen LogP contribution in [0.15, 0.2) is 182 Å². The number of nitrogens with two attached hydrogens (primary N) is 1. The summed E-state index contributed by atoms with van der Waals surface area (Å²) in [5.41, 5.74) is 8.91. The molecule has 121 heavy (non-hydrogen) atoms. The van der Waals surface area contributed by atoms with Gasteiger partial charge in [-0.05, 0) is 130 Å². The lowest BCUT2D eigenvalue weighted by Gasteiger charge is -2.32. The van der Waals surface area contributed by atoms with Gasteiger partial charge in [0.1, 0.15) is 41.9 Å². The van der Waals surface area contributed by atoms with Crippen LogP contribution in [0.5, 0.6) is 17.2 Å². The molecule has 3 aliphatic carbocycles. The van der Waals surface area contributed by atoms with Crippen molar-refractivity contribution in [3.05, 3.63) is 246 Å². The number of halogens is 9. The second-order valence-electron chi connectivity index (χ2n) is 28.8. The summed E-state index contributed by atoms with van der Waals surface area (Å²) in [4.78, 5) is 57.0. The topological polar surface area (TPSA) is 410 Å². The zero-order valence-electron chi connectivity index (χ0n) is 64.8. The molecule has 4 aliphatic rings. The normalized spacial score (nSPS) is 18.6. The molecule has 13 rings (SSSR count). The van der Waals surface area contributed by atoms with Crippen molar-refractivity contribution in [2.24, 2.45) is 23.5 Å². The molecule has 4 fully saturated rings. The van der Waals surface area contributed by atoms with E-state index in [2.05, 4.69) is 98.8 Å². The van der Waals surface area contributed by atoms with Crippen molar-refractivity contribution in [2.75, 3.05) is 71.3 Å². The van der Waals surface area contributed by atoms with Crippen molar-refractivity contribution < 1.29 is 83.4 Å². The Morgan fingerprint density at radius 2 is 0.777 bits per heavy atom. The summed E-state index contributed by atoms with van der Waals surface area (Å²) in [7, 11) is 0. The molecule has 9 aromatic rings. The third kappa shape index (κ3) is 31.3. The highest BCUT2D eigenvalue weighted by molar-refractivity contribution is 5.59. The second-order valence-corrected chi connectivity index (χ2v) is 28.8. The van der Waals surface area contributed by atoms with Crippen molar-refractivity contribution in [1.29, 1.82) is 0 Å². The van der Waals surface area contributed by atoms with E-state index in [9.17, 15) is 80.1 Å². The number of ether oxygens (including phenoxy) is 4. The lowest BCUT2D eigenvalue weighted by Crippen LogP contribution is -2.38. The number of para-hydroxylation sites is 3. The first kappa shape index (κ1) is 93.0. The van der Waals surface area contributed by atoms with Crippen molar-refractivity contribution in [1.82, 2.24) is 40.5 Å². The van der Waals surface area contributed by atoms with Gasteiger partial charge in [-0.25, -0.2) is 15.0 Å². The first-order valence-electron chi connectivity index (χ1n) is 38.9. The van der Waals surface area contributed by atoms with Crippen LogP contribution in [0.4, 0.5) is 91.9 Å². The van der Waals surface area contributed by atoms with Crippen LogP contribution in [-0.4, -0.2) is 131 Å². The molecule has 6 aromatic carbocycles. The number of hydrogen-bond acceptors (Lipinski definition) is 27. The minimum Gasteiger partial charge on any atom is -0.405 e. The monoisotopic (exact) mass is 1700 g/mol. The summed E-state index contributed by atoms with van der Waals surface area (Å²) in [5, 5.41) is 79.1. The molecule has 12 N–H and O–H groups in total. The van der Waals surface area contributed by atoms with Crippen LogP contribution < -0.4 is 62.5 Å². The Morgan fingerprint density at radius 3 is 1.12 bits per heavy atom. The van der Waals surface area contributed by atoms with E-state index in [-0.39, 0.29) is 156 Å². The van der Waals surface area contributed by atoms with E-state index in [1.54, 1.807) is 18.2 Å². The molecule has 0 unspecified atom stereocenters. The average molecular weight is 1700 g/mol. The first-order valence-corrected chi connectivity index (χ1v) is 38.9. The lowest BCUT2D eigenvalue weighted by atomic mass is 9.85. The standard InChI is InChI=1S/2C27H31F3N6O4.C19H23F3N6O3.C8H8O.CH4/c28-27(29,30)40-24-9-5-4-8-20(24)15-32-26-33-16-23(36(38)39)25(35-26)31-14-18-10-12-21(13-11-18)34-22(17-37)19-6-2-1-3-7-19;28-27(29,30)40-24-9-5-4-8-20(24)15-33-26-34-16-22(36(38)39)25(35-26)32-14-18-10-12-21(13-11-18)31-17-23(37)19-6-2-1-3-7-19;20-19(21,22)31-16-4-2-1-3-13(16)10-25-18-26-11-15(28(29)30)17(27-18)24-9-12-5-7-14(23)8-6-12;1-2-4-7(5-3-1)8-6-9-8;/h1-9,16,18,21-22,34,37H,10-15,17H2,(H2,31,32,33,35);1-9,16,18,21,23,31,37H,10-15,17H2,(H2,32,33,34,35);1-4,11-12,14H,5-10,23H2,(H2,24,25,26,27);1-5,8H,6H2;1H4/t18?,21?,22-;18?,21?,23-;;8-;/m01.0./s1. The van der Waals surface area contributed by atoms with Crippen LogP contribution in [0, 0.1) is 48.1 Å². The molecule has 1 aliphatic heterocycles. The van der Waals surface area contributed by atoms with E-state index in [0.717, 1.165) is 113 Å². The van der Waals surface area contributed by atoms with Crippen LogP contribution in [0.2, 0.25) is 0 Å². The summed E-state index contributed by atoms with van der Waals surface area (Å²) >= 11 is 0. The number of hydrogen-bond donors (Lipinski definition) is 11. The molecule has 0 bridgehead atoms. The fourth-order valence-corrected chi connectivity index (χ4v) is 13.7. The van der Waals surface area contributed by atoms with Gasteiger partial charge in [-0.2, -0.15) is 15.0 Å². The van der Waals surface area contributed by atoms with Gasteiger partial charge in [-0.15, -0.1) is 39.5 Å². The van der Waals surface area contributed by atoms with Gasteiger partial charge in [0.25, 0.3) is 0 Å². The third-order valence-electron chi connectivity index (χ3n) is 20.2. The number of anilines is 6. The number of aliphatic hydroxyl groups is 2. The molecule has 3 saturated carbocycles. The van der Waals surface area contributed by atoms with Crippen LogP contribution in [0.1, 0.15) is 136 Å². The number of nitro groups is 3. The number of nitrogens with one attached hydrogen (secondary N) is 8. The number of alkyl halides is 9. The van der Waals surface area contributed by atoms with Crippen molar-refractivity contribution >= 4 is 52.4 Å². The molecule has 3 aromatic heterocycles. The Labute approximate surface area is 691 Å². The largest absolute Gasteiger partial charge is 0.573 e. The average Bonchev–Trinajstić information content (AvgIpc) is 1.69. The lowest BCUT2D eigenvalue weighted by molar-refractivity contribution is -0.384. The fraction of sp³-hybridized carbons (Fsp3) is 0.415. The Bertz CT molecular complexity index is 4690. The minimum absolute atomic E-state index is 0. The third-order valence-corrected chi connectivity index (χ3v) is 20.2. The van der Waals surface area contributed by atoms with Crippen LogP contribution in [-0.2, 0) is 24.4 Å². The van der Waals surface area contributed by atoms with E-state index < -0.39 is 40.0 Å². The zero-order chi connectivity index (χ0) is 85.6. The second kappa shape index (κ2) is 45.5. The van der Waals surface area contributed by atoms with Gasteiger partial charge in [-0.3, -0.25) is 30.3 Å². The highest BCUT2D eigenvalue weighted by atomic mass is 19.4. The fourth-order valence-electron chi connectivity index (χ4n) is 13.7. The number of rotatable bonds is 33. The predicted octanol–water partition coefficient (Wildman–Crippen LogP) is 16.6. The Hall–Kier alpha value is -11.9. The van der Waals surface area contributed by atoms with Crippen LogP contribution in [0.25, 0.3) is 0 Å². The Morgan fingerprint density at radius 1 is 0.455 bits per heavy atom. The Balaban J connectivity index is 0.000000196. The van der Waals surface area contributed by atoms with E-state index >= 15 is 0 Å². The first-order chi connectivity index (χ1) is 57.6. The molecule has 3 atom stereocenters. The molecule has 30 nitrogen and oxygen atoms in total. The molecule has 650 valence electrons. The van der Waals surface area contributed by atoms with Gasteiger partial charge < -0.3 is 77.4 Å². The summed E-state index contributed by atoms with van der Waals surface area (Å²) in [6.45, 7) is 2.58. The highest BCUT2D eigenvalue weighted by Crippen LogP contribution is 2.36. The van der Waals surface area contributed by atoms with E-state index in [0.29, 0.717) is 38.2 Å². The predicted molar refractivity (Wildman–Crippen MR) is 435 cm³/mol. The molecule has 0 radical (unpaired) electrons. The van der Waals surface area contributed by atoms with Crippen molar-refractivity contribution in [3.8, 4) is 17.2 Å². The Kier molecular flexibility index (Phi) is 34.9. The number of benzene rings is 6. The number of aliphatic hydroxyl groups excluding tert-OH is 2. The molecule has 0 amide bonds. The van der Waals surface area contributed by atoms with Gasteiger partial charge in [0.2, 0.25) is 35.3 Å². The van der Waals surface area contributed by atoms with Crippen molar-refractivity contribution in [3.63, 3.8) is 0 Å². The van der Waals surface area contributed by atoms with Crippen LogP contribution in [0.3, 0.4) is 0 Å². The number of epoxide rings is 1. The smallest absolute Gasteiger partial charge is 0.405 e. The molecular formula is C82H97F9N18O12. The molecule has 0 spiro atoms. The summed E-state index contributed by atoms with van der Waals surface area (Å²) in [5.74, 6) is 0.0193. The SMILES string of the molecule is C.NC1CCC(CNc2nc(NCc3ccccc3OC(F)(F)F)ncc2[N+](=O)[O-])CC1.O=[N+]([O-])c1cnc(NCc2ccccc2OC(F)(F)F)nc1NCC1CCC(NC[C@@H](O)c2ccccc2)CC1.O=[N+]([O-])c1cnc(NCc2ccccc2OC(F)(F)F)nc1NCC1CCC(N[C@@H](CO)c2ccccc2)CC1.c1ccc([C@@H]2CO2)cc1. The summed E-state index contributed by atoms with van der Waals surface area (Å²) in [6, 6.07) is 47.1. The summed E-state index contributed by atoms with van der Waals surface area (Å²) in [6.07, 6.45) is -0.636. The maximum absolute atomic E-state index is 12.7. The van der Waals surface area contributed by atoms with Crippen LogP contribution >= 0.6 is 0 Å². The number of aromatic nitrogens is 6. The maximum atomic E-state index is 12.7. The van der Waals surface area contributed by atoms with Gasteiger partial charge in [0, 0.05) is 80.6 Å². The quantitative estimate of drug-likeness (QED) is 0.00787.